The van der Waals surface area contributed by atoms with Crippen molar-refractivity contribution in [1.29, 1.82) is 0 Å². The van der Waals surface area contributed by atoms with Crippen LogP contribution in [-0.2, 0) is 62.0 Å². The first-order valence-corrected chi connectivity index (χ1v) is 9.23. The van der Waals surface area contributed by atoms with Gasteiger partial charge in [-0.05, 0) is 0 Å². The van der Waals surface area contributed by atoms with Gasteiger partial charge in [0.2, 0.25) is 0 Å². The smallest absolute Gasteiger partial charge is 0.303 e. The van der Waals surface area contributed by atoms with Gasteiger partial charge in [0.25, 0.3) is 0 Å². The van der Waals surface area contributed by atoms with Crippen LogP contribution in [0.5, 0.6) is 0 Å². The van der Waals surface area contributed by atoms with E-state index in [9.17, 15) is 33.6 Å². The fourth-order valence-corrected chi connectivity index (χ4v) is 2.54. The number of ether oxygens (including phenoxy) is 6. The molecule has 5 atom stereocenters. The summed E-state index contributed by atoms with van der Waals surface area (Å²) in [6, 6.07) is 0. The minimum atomic E-state index is -1.82. The second kappa shape index (κ2) is 13.7. The number of hydrogen-bond acceptors (Lipinski definition) is 13. The molecule has 0 aromatic heterocycles. The number of rotatable bonds is 12. The van der Waals surface area contributed by atoms with E-state index in [4.69, 9.17) is 28.4 Å². The van der Waals surface area contributed by atoms with Gasteiger partial charge < -0.3 is 28.4 Å². The molecule has 0 fully saturated rings. The van der Waals surface area contributed by atoms with E-state index in [2.05, 4.69) is 0 Å². The topological polar surface area (TPSA) is 175 Å². The summed E-state index contributed by atoms with van der Waals surface area (Å²) in [5.41, 5.74) is 0. The summed E-state index contributed by atoms with van der Waals surface area (Å²) in [5, 5.41) is 0. The van der Waals surface area contributed by atoms with Crippen LogP contribution in [0.3, 0.4) is 0 Å². The summed E-state index contributed by atoms with van der Waals surface area (Å²) < 4.78 is 30.0. The Morgan fingerprint density at radius 2 is 0.969 bits per heavy atom. The first-order valence-electron chi connectivity index (χ1n) is 9.23. The third-order valence-electron chi connectivity index (χ3n) is 3.45. The van der Waals surface area contributed by atoms with Crippen molar-refractivity contribution >= 4 is 42.1 Å². The van der Waals surface area contributed by atoms with Crippen molar-refractivity contribution in [3.05, 3.63) is 0 Å². The molecule has 0 heterocycles. The van der Waals surface area contributed by atoms with Crippen LogP contribution >= 0.6 is 0 Å². The Morgan fingerprint density at radius 1 is 0.562 bits per heavy atom. The molecule has 0 amide bonds. The Kier molecular flexibility index (Phi) is 12.2. The molecule has 180 valence electrons. The Bertz CT molecular complexity index is 729. The molecule has 0 aromatic rings. The predicted molar refractivity (Wildman–Crippen MR) is 100 cm³/mol. The zero-order valence-corrected chi connectivity index (χ0v) is 18.5. The molecule has 0 rings (SSSR count). The molecule has 0 aliphatic carbocycles. The van der Waals surface area contributed by atoms with Crippen LogP contribution in [0.15, 0.2) is 0 Å². The molecule has 13 heteroatoms. The molecule has 0 aliphatic heterocycles. The van der Waals surface area contributed by atoms with E-state index in [-0.39, 0.29) is 6.29 Å². The maximum Gasteiger partial charge on any atom is 0.303 e. The van der Waals surface area contributed by atoms with E-state index in [0.29, 0.717) is 0 Å². The summed E-state index contributed by atoms with van der Waals surface area (Å²) in [6.07, 6.45) is -8.66. The van der Waals surface area contributed by atoms with Crippen LogP contribution in [-0.4, -0.2) is 79.2 Å². The van der Waals surface area contributed by atoms with E-state index in [0.717, 1.165) is 41.5 Å². The molecule has 0 saturated heterocycles. The highest BCUT2D eigenvalue weighted by atomic mass is 16.6. The number of aldehydes is 1. The summed E-state index contributed by atoms with van der Waals surface area (Å²) in [4.78, 5) is 81.1. The van der Waals surface area contributed by atoms with E-state index >= 15 is 0 Å². The normalized spacial score (nSPS) is 14.9. The monoisotopic (exact) mass is 462 g/mol. The van der Waals surface area contributed by atoms with Gasteiger partial charge in [0.15, 0.2) is 36.8 Å². The van der Waals surface area contributed by atoms with E-state index in [1.54, 1.807) is 0 Å². The molecular formula is C19H26O13. The third kappa shape index (κ3) is 11.0. The van der Waals surface area contributed by atoms with Crippen LogP contribution in [0.2, 0.25) is 0 Å². The van der Waals surface area contributed by atoms with Gasteiger partial charge in [-0.1, -0.05) is 0 Å². The van der Waals surface area contributed by atoms with Crippen molar-refractivity contribution in [3.8, 4) is 0 Å². The summed E-state index contributed by atoms with van der Waals surface area (Å²) in [7, 11) is 0. The number of esters is 6. The maximum atomic E-state index is 11.8. The van der Waals surface area contributed by atoms with Crippen molar-refractivity contribution in [1.82, 2.24) is 0 Å². The fraction of sp³-hybridized carbons (Fsp3) is 0.632. The van der Waals surface area contributed by atoms with Crippen molar-refractivity contribution in [3.63, 3.8) is 0 Å². The van der Waals surface area contributed by atoms with Crippen molar-refractivity contribution < 1.29 is 62.0 Å². The molecule has 32 heavy (non-hydrogen) atoms. The quantitative estimate of drug-likeness (QED) is 0.204. The standard InChI is InChI=1S/C19H26O13/c1-9(21)27-8-16(29-11(3)23)18(31-13(5)25)19(32-14(6)26)17(30-12(4)24)15(7-20)28-10(2)22/h7,15-19H,8H2,1-6H3/t15-,16-,17-,18-,19-/m1/s1. The van der Waals surface area contributed by atoms with Gasteiger partial charge in [0.1, 0.15) is 6.61 Å². The van der Waals surface area contributed by atoms with Crippen LogP contribution in [0.25, 0.3) is 0 Å². The average molecular weight is 462 g/mol. The van der Waals surface area contributed by atoms with Gasteiger partial charge in [-0.25, -0.2) is 0 Å². The zero-order valence-electron chi connectivity index (χ0n) is 18.5. The molecule has 0 unspecified atom stereocenters. The van der Waals surface area contributed by atoms with E-state index < -0.39 is 72.9 Å². The van der Waals surface area contributed by atoms with Gasteiger partial charge in [0, 0.05) is 41.5 Å². The first kappa shape index (κ1) is 28.5. The Balaban J connectivity index is 6.58. The SMILES string of the molecule is CC(=O)OC[C@@H](OC(C)=O)[C@@H](OC(C)=O)[C@H](OC(C)=O)[C@H](OC(C)=O)[C@@H](C=O)OC(C)=O. The molecular weight excluding hydrogens is 436 g/mol. The molecule has 0 aliphatic rings. The molecule has 0 bridgehead atoms. The third-order valence-corrected chi connectivity index (χ3v) is 3.45. The van der Waals surface area contributed by atoms with Crippen molar-refractivity contribution in [2.45, 2.75) is 72.1 Å². The van der Waals surface area contributed by atoms with E-state index in [1.165, 1.54) is 0 Å². The average Bonchev–Trinajstić information content (AvgIpc) is 2.63. The molecule has 13 nitrogen and oxygen atoms in total. The molecule has 0 saturated carbocycles. The van der Waals surface area contributed by atoms with Crippen molar-refractivity contribution in [2.24, 2.45) is 0 Å². The number of hydrogen-bond donors (Lipinski definition) is 0. The molecule has 0 N–H and O–H groups in total. The summed E-state index contributed by atoms with van der Waals surface area (Å²) >= 11 is 0. The Labute approximate surface area is 183 Å². The number of carbonyl (C=O) groups is 7. The predicted octanol–water partition coefficient (Wildman–Crippen LogP) is -0.593. The van der Waals surface area contributed by atoms with Gasteiger partial charge >= 0.3 is 35.8 Å². The Morgan fingerprint density at radius 3 is 1.34 bits per heavy atom. The van der Waals surface area contributed by atoms with Gasteiger partial charge in [-0.3, -0.25) is 33.6 Å². The zero-order chi connectivity index (χ0) is 25.0. The molecule has 0 aromatic carbocycles. The maximum absolute atomic E-state index is 11.8. The lowest BCUT2D eigenvalue weighted by Crippen LogP contribution is -2.57. The highest BCUT2D eigenvalue weighted by molar-refractivity contribution is 5.72. The largest absolute Gasteiger partial charge is 0.462 e. The highest BCUT2D eigenvalue weighted by Crippen LogP contribution is 2.23. The second-order valence-electron chi connectivity index (χ2n) is 6.38. The van der Waals surface area contributed by atoms with Gasteiger partial charge in [-0.2, -0.15) is 0 Å². The highest BCUT2D eigenvalue weighted by Gasteiger charge is 2.47. The van der Waals surface area contributed by atoms with Crippen molar-refractivity contribution in [2.75, 3.05) is 6.61 Å². The number of carbonyl (C=O) groups excluding carboxylic acids is 7. The van der Waals surface area contributed by atoms with Gasteiger partial charge in [0.05, 0.1) is 0 Å². The fourth-order valence-electron chi connectivity index (χ4n) is 2.54. The Hall–Kier alpha value is -3.51. The van der Waals surface area contributed by atoms with Crippen LogP contribution in [0, 0.1) is 0 Å². The lowest BCUT2D eigenvalue weighted by atomic mass is 9.98. The van der Waals surface area contributed by atoms with Crippen LogP contribution < -0.4 is 0 Å². The first-order chi connectivity index (χ1) is 14.8. The lowest BCUT2D eigenvalue weighted by molar-refractivity contribution is -0.211. The molecule has 0 radical (unpaired) electrons. The van der Waals surface area contributed by atoms with Gasteiger partial charge in [-0.15, -0.1) is 0 Å². The minimum Gasteiger partial charge on any atom is -0.462 e. The minimum absolute atomic E-state index is 0.100. The second-order valence-corrected chi connectivity index (χ2v) is 6.38. The molecule has 0 spiro atoms. The summed E-state index contributed by atoms with van der Waals surface area (Å²) in [5.74, 6) is -5.53. The van der Waals surface area contributed by atoms with E-state index in [1.807, 2.05) is 0 Å². The lowest BCUT2D eigenvalue weighted by Gasteiger charge is -2.36. The van der Waals surface area contributed by atoms with Crippen LogP contribution in [0.1, 0.15) is 41.5 Å². The summed E-state index contributed by atoms with van der Waals surface area (Å²) in [6.45, 7) is 5.25. The van der Waals surface area contributed by atoms with Crippen LogP contribution in [0.4, 0.5) is 0 Å².